The molecule has 1 N–H and O–H groups in total. The summed E-state index contributed by atoms with van der Waals surface area (Å²) < 4.78 is 14.3. The minimum absolute atomic E-state index is 0.145. The number of nitrogens with one attached hydrogen (secondary N) is 1. The van der Waals surface area contributed by atoms with E-state index < -0.39 is 5.79 Å². The Hall–Kier alpha value is 0.380. The Morgan fingerprint density at radius 1 is 1.11 bits per heavy atom. The van der Waals surface area contributed by atoms with Gasteiger partial charge in [-0.3, -0.25) is 0 Å². The summed E-state index contributed by atoms with van der Waals surface area (Å²) in [5.74, 6) is -0.480. The number of benzene rings is 1. The third-order valence-corrected chi connectivity index (χ3v) is 4.33. The highest BCUT2D eigenvalue weighted by atomic mass is 79.9. The molecule has 0 saturated carbocycles. The van der Waals surface area contributed by atoms with Crippen LogP contribution in [0.25, 0.3) is 0 Å². The minimum Gasteiger partial charge on any atom is -0.376 e. The molecule has 0 aromatic heterocycles. The van der Waals surface area contributed by atoms with E-state index in [-0.39, 0.29) is 6.04 Å². The van der Waals surface area contributed by atoms with Gasteiger partial charge in [-0.25, -0.2) is 0 Å². The molecule has 18 heavy (non-hydrogen) atoms. The molecule has 6 heteroatoms. The maximum atomic E-state index is 5.63. The van der Waals surface area contributed by atoms with Crippen LogP contribution >= 0.6 is 47.8 Å². The molecule has 0 atom stereocenters. The van der Waals surface area contributed by atoms with Crippen LogP contribution in [0.5, 0.6) is 0 Å². The van der Waals surface area contributed by atoms with Crippen LogP contribution in [0.3, 0.4) is 0 Å². The van der Waals surface area contributed by atoms with E-state index in [0.29, 0.717) is 13.2 Å². The van der Waals surface area contributed by atoms with Gasteiger partial charge in [0.2, 0.25) is 0 Å². The third kappa shape index (κ3) is 3.70. The maximum absolute atomic E-state index is 5.63. The summed E-state index contributed by atoms with van der Waals surface area (Å²) in [4.78, 5) is 0. The molecule has 0 radical (unpaired) electrons. The molecule has 1 aromatic rings. The van der Waals surface area contributed by atoms with E-state index in [0.717, 1.165) is 19.1 Å². The fraction of sp³-hybridized carbons (Fsp3) is 0.500. The van der Waals surface area contributed by atoms with Crippen molar-refractivity contribution >= 4 is 53.5 Å². The highest BCUT2D eigenvalue weighted by molar-refractivity contribution is 9.11. The van der Waals surface area contributed by atoms with E-state index in [9.17, 15) is 0 Å². The van der Waals surface area contributed by atoms with Crippen molar-refractivity contribution in [3.63, 3.8) is 0 Å². The van der Waals surface area contributed by atoms with Crippen LogP contribution in [0.4, 0.5) is 5.69 Å². The Kier molecular flexibility index (Phi) is 4.75. The van der Waals surface area contributed by atoms with Crippen molar-refractivity contribution < 1.29 is 9.47 Å². The molecule has 0 bridgehead atoms. The number of rotatable bonds is 2. The normalized spacial score (nSPS) is 19.8. The first-order valence-electron chi connectivity index (χ1n) is 5.56. The van der Waals surface area contributed by atoms with Crippen LogP contribution in [0.2, 0.25) is 0 Å². The molecule has 1 aliphatic rings. The summed E-state index contributed by atoms with van der Waals surface area (Å²) in [6.07, 6.45) is 0. The topological polar surface area (TPSA) is 30.5 Å². The third-order valence-electron chi connectivity index (χ3n) is 2.62. The summed E-state index contributed by atoms with van der Waals surface area (Å²) >= 11 is 10.5. The first-order valence-corrected chi connectivity index (χ1v) is 7.94. The molecule has 3 nitrogen and oxygen atoms in total. The van der Waals surface area contributed by atoms with Gasteiger partial charge >= 0.3 is 0 Å². The van der Waals surface area contributed by atoms with Gasteiger partial charge in [0.05, 0.1) is 24.9 Å². The first-order chi connectivity index (χ1) is 8.37. The maximum Gasteiger partial charge on any atom is 0.162 e. The van der Waals surface area contributed by atoms with Gasteiger partial charge in [-0.1, -0.05) is 15.9 Å². The summed E-state index contributed by atoms with van der Waals surface area (Å²) in [6, 6.07) is 4.15. The zero-order chi connectivity index (χ0) is 13.3. The van der Waals surface area contributed by atoms with Gasteiger partial charge in [-0.2, -0.15) is 0 Å². The van der Waals surface area contributed by atoms with E-state index in [2.05, 4.69) is 53.1 Å². The van der Waals surface area contributed by atoms with Crippen molar-refractivity contribution in [2.45, 2.75) is 25.7 Å². The zero-order valence-corrected chi connectivity index (χ0v) is 14.9. The van der Waals surface area contributed by atoms with E-state index >= 15 is 0 Å². The number of halogens is 3. The molecule has 100 valence electrons. The van der Waals surface area contributed by atoms with Crippen LogP contribution in [-0.2, 0) is 9.47 Å². The molecule has 1 saturated heterocycles. The predicted octanol–water partition coefficient (Wildman–Crippen LogP) is 4.54. The van der Waals surface area contributed by atoms with Gasteiger partial charge in [0, 0.05) is 13.4 Å². The Bertz CT molecular complexity index is 418. The van der Waals surface area contributed by atoms with Crippen molar-refractivity contribution in [1.82, 2.24) is 0 Å². The second-order valence-corrected chi connectivity index (χ2v) is 7.23. The van der Waals surface area contributed by atoms with Gasteiger partial charge in [-0.15, -0.1) is 0 Å². The molecule has 1 aromatic carbocycles. The number of hydrogen-bond donors (Lipinski definition) is 1. The average molecular weight is 444 g/mol. The molecule has 0 amide bonds. The summed E-state index contributed by atoms with van der Waals surface area (Å²) in [6.45, 7) is 5.10. The fourth-order valence-electron chi connectivity index (χ4n) is 1.66. The van der Waals surface area contributed by atoms with E-state index in [4.69, 9.17) is 9.47 Å². The Labute approximate surface area is 132 Å². The monoisotopic (exact) mass is 441 g/mol. The second-order valence-electron chi connectivity index (χ2n) is 4.61. The molecular weight excluding hydrogens is 430 g/mol. The van der Waals surface area contributed by atoms with Crippen LogP contribution in [-0.4, -0.2) is 25.0 Å². The molecule has 2 rings (SSSR count). The van der Waals surface area contributed by atoms with Crippen molar-refractivity contribution in [3.05, 3.63) is 25.6 Å². The average Bonchev–Trinajstić information content (AvgIpc) is 2.25. The van der Waals surface area contributed by atoms with Crippen LogP contribution in [0.15, 0.2) is 25.6 Å². The highest BCUT2D eigenvalue weighted by Crippen LogP contribution is 2.35. The van der Waals surface area contributed by atoms with Gasteiger partial charge in [0.15, 0.2) is 5.79 Å². The van der Waals surface area contributed by atoms with E-state index in [1.165, 1.54) is 0 Å². The minimum atomic E-state index is -0.480. The van der Waals surface area contributed by atoms with Crippen molar-refractivity contribution in [3.8, 4) is 0 Å². The Balaban J connectivity index is 2.07. The molecule has 1 heterocycles. The SMILES string of the molecule is CC1(C)OCC(Nc2c(Br)cc(Br)cc2Br)CO1. The van der Waals surface area contributed by atoms with Gasteiger partial charge in [-0.05, 0) is 57.8 Å². The largest absolute Gasteiger partial charge is 0.376 e. The smallest absolute Gasteiger partial charge is 0.162 e. The van der Waals surface area contributed by atoms with Gasteiger partial charge in [0.25, 0.3) is 0 Å². The molecule has 1 fully saturated rings. The van der Waals surface area contributed by atoms with Crippen LogP contribution < -0.4 is 5.32 Å². The van der Waals surface area contributed by atoms with Gasteiger partial charge in [0.1, 0.15) is 0 Å². The first kappa shape index (κ1) is 14.8. The Morgan fingerprint density at radius 2 is 1.61 bits per heavy atom. The van der Waals surface area contributed by atoms with Gasteiger partial charge < -0.3 is 14.8 Å². The molecule has 1 aliphatic heterocycles. The lowest BCUT2D eigenvalue weighted by atomic mass is 10.2. The summed E-state index contributed by atoms with van der Waals surface area (Å²) in [5, 5.41) is 3.42. The van der Waals surface area contributed by atoms with E-state index in [1.807, 2.05) is 26.0 Å². The van der Waals surface area contributed by atoms with Crippen molar-refractivity contribution in [1.29, 1.82) is 0 Å². The predicted molar refractivity (Wildman–Crippen MR) is 82.9 cm³/mol. The molecule has 0 aliphatic carbocycles. The lowest BCUT2D eigenvalue weighted by molar-refractivity contribution is -0.247. The van der Waals surface area contributed by atoms with E-state index in [1.54, 1.807) is 0 Å². The number of ether oxygens (including phenoxy) is 2. The Morgan fingerprint density at radius 3 is 2.11 bits per heavy atom. The zero-order valence-electron chi connectivity index (χ0n) is 10.1. The van der Waals surface area contributed by atoms with Crippen LogP contribution in [0.1, 0.15) is 13.8 Å². The molecule has 0 unspecified atom stereocenters. The standard InChI is InChI=1S/C12H14Br3NO2/c1-12(2)17-5-8(6-18-12)16-11-9(14)3-7(13)4-10(11)15/h3-4,8,16H,5-6H2,1-2H3. The second kappa shape index (κ2) is 5.79. The summed E-state index contributed by atoms with van der Waals surface area (Å²) in [7, 11) is 0. The fourth-order valence-corrected chi connectivity index (χ4v) is 4.15. The lowest BCUT2D eigenvalue weighted by Crippen LogP contribution is -2.45. The summed E-state index contributed by atoms with van der Waals surface area (Å²) in [5.41, 5.74) is 1.01. The quantitative estimate of drug-likeness (QED) is 0.728. The molecular formula is C12H14Br3NO2. The number of hydrogen-bond acceptors (Lipinski definition) is 3. The van der Waals surface area contributed by atoms with Crippen molar-refractivity contribution in [2.75, 3.05) is 18.5 Å². The number of anilines is 1. The highest BCUT2D eigenvalue weighted by Gasteiger charge is 2.28. The molecule has 0 spiro atoms. The van der Waals surface area contributed by atoms with Crippen molar-refractivity contribution in [2.24, 2.45) is 0 Å². The lowest BCUT2D eigenvalue weighted by Gasteiger charge is -2.35. The van der Waals surface area contributed by atoms with Crippen LogP contribution in [0, 0.1) is 0 Å².